The second-order valence-electron chi connectivity index (χ2n) is 6.54. The summed E-state index contributed by atoms with van der Waals surface area (Å²) >= 11 is 0. The van der Waals surface area contributed by atoms with Gasteiger partial charge in [-0.1, -0.05) is 6.07 Å². The van der Waals surface area contributed by atoms with Gasteiger partial charge in [-0.05, 0) is 51.8 Å². The molecule has 0 radical (unpaired) electrons. The van der Waals surface area contributed by atoms with Crippen LogP contribution in [0, 0.1) is 12.7 Å². The largest absolute Gasteiger partial charge is 0.444 e. The van der Waals surface area contributed by atoms with Crippen molar-refractivity contribution in [1.82, 2.24) is 4.90 Å². The maximum atomic E-state index is 13.6. The maximum Gasteiger partial charge on any atom is 0.410 e. The first-order chi connectivity index (χ1) is 10.6. The summed E-state index contributed by atoms with van der Waals surface area (Å²) in [5, 5.41) is 2.54. The summed E-state index contributed by atoms with van der Waals surface area (Å²) in [6.07, 6.45) is 0.234. The lowest BCUT2D eigenvalue weighted by Crippen LogP contribution is -2.35. The number of amides is 2. The lowest BCUT2D eigenvalue weighted by molar-refractivity contribution is -0.116. The number of ether oxygens (including phenoxy) is 1. The second-order valence-corrected chi connectivity index (χ2v) is 6.54. The van der Waals surface area contributed by atoms with Crippen LogP contribution >= 0.6 is 0 Å². The molecular formula is C17H25FN2O3. The van der Waals surface area contributed by atoms with Crippen LogP contribution in [0.25, 0.3) is 0 Å². The highest BCUT2D eigenvalue weighted by molar-refractivity contribution is 5.90. The van der Waals surface area contributed by atoms with Crippen molar-refractivity contribution in [2.75, 3.05) is 18.9 Å². The van der Waals surface area contributed by atoms with Crippen LogP contribution < -0.4 is 5.32 Å². The third-order valence-electron chi connectivity index (χ3n) is 3.00. The third kappa shape index (κ3) is 7.13. The first-order valence-electron chi connectivity index (χ1n) is 7.58. The summed E-state index contributed by atoms with van der Waals surface area (Å²) in [6, 6.07) is 4.54. The average molecular weight is 324 g/mol. The van der Waals surface area contributed by atoms with Gasteiger partial charge in [0.05, 0.1) is 5.69 Å². The van der Waals surface area contributed by atoms with Gasteiger partial charge in [0, 0.05) is 20.0 Å². The van der Waals surface area contributed by atoms with E-state index in [1.165, 1.54) is 11.0 Å². The molecule has 0 unspecified atom stereocenters. The fourth-order valence-electron chi connectivity index (χ4n) is 1.86. The molecule has 1 aromatic carbocycles. The zero-order chi connectivity index (χ0) is 17.6. The molecule has 0 aliphatic heterocycles. The van der Waals surface area contributed by atoms with Crippen molar-refractivity contribution in [3.63, 3.8) is 0 Å². The number of benzene rings is 1. The first-order valence-corrected chi connectivity index (χ1v) is 7.58. The highest BCUT2D eigenvalue weighted by Gasteiger charge is 2.19. The first kappa shape index (κ1) is 18.9. The highest BCUT2D eigenvalue weighted by Crippen LogP contribution is 2.16. The number of aryl methyl sites for hydroxylation is 1. The van der Waals surface area contributed by atoms with E-state index >= 15 is 0 Å². The Morgan fingerprint density at radius 3 is 2.57 bits per heavy atom. The maximum absolute atomic E-state index is 13.6. The molecule has 5 nitrogen and oxygen atoms in total. The quantitative estimate of drug-likeness (QED) is 0.898. The lowest BCUT2D eigenvalue weighted by Gasteiger charge is -2.24. The summed E-state index contributed by atoms with van der Waals surface area (Å²) < 4.78 is 18.8. The molecule has 0 saturated heterocycles. The van der Waals surface area contributed by atoms with Crippen molar-refractivity contribution in [3.8, 4) is 0 Å². The predicted octanol–water partition coefficient (Wildman–Crippen LogP) is 3.72. The van der Waals surface area contributed by atoms with Crippen molar-refractivity contribution < 1.29 is 18.7 Å². The van der Waals surface area contributed by atoms with Crippen LogP contribution in [-0.2, 0) is 9.53 Å². The van der Waals surface area contributed by atoms with Gasteiger partial charge in [-0.15, -0.1) is 0 Å². The zero-order valence-corrected chi connectivity index (χ0v) is 14.4. The Bertz CT molecular complexity index is 567. The topological polar surface area (TPSA) is 58.6 Å². The van der Waals surface area contributed by atoms with Crippen LogP contribution in [0.5, 0.6) is 0 Å². The zero-order valence-electron chi connectivity index (χ0n) is 14.4. The SMILES string of the molecule is Cc1ccc(F)c(NC(=O)CCCN(C)C(=O)OC(C)(C)C)c1. The highest BCUT2D eigenvalue weighted by atomic mass is 19.1. The summed E-state index contributed by atoms with van der Waals surface area (Å²) in [5.74, 6) is -0.748. The number of carbonyl (C=O) groups is 2. The van der Waals surface area contributed by atoms with Gasteiger partial charge in [-0.3, -0.25) is 4.79 Å². The standard InChI is InChI=1S/C17H25FN2O3/c1-12-8-9-13(18)14(11-12)19-15(21)7-6-10-20(5)16(22)23-17(2,3)4/h8-9,11H,6-7,10H2,1-5H3,(H,19,21). The molecule has 0 saturated carbocycles. The predicted molar refractivity (Wildman–Crippen MR) is 87.9 cm³/mol. The Labute approximate surface area is 136 Å². The van der Waals surface area contributed by atoms with Gasteiger partial charge in [-0.25, -0.2) is 9.18 Å². The van der Waals surface area contributed by atoms with E-state index in [9.17, 15) is 14.0 Å². The molecule has 0 heterocycles. The number of nitrogens with one attached hydrogen (secondary N) is 1. The number of rotatable bonds is 5. The van der Waals surface area contributed by atoms with Crippen LogP contribution in [0.3, 0.4) is 0 Å². The monoisotopic (exact) mass is 324 g/mol. The Hall–Kier alpha value is -2.11. The van der Waals surface area contributed by atoms with Crippen molar-refractivity contribution in [2.24, 2.45) is 0 Å². The molecule has 23 heavy (non-hydrogen) atoms. The van der Waals surface area contributed by atoms with E-state index in [1.54, 1.807) is 40.0 Å². The van der Waals surface area contributed by atoms with E-state index in [0.29, 0.717) is 13.0 Å². The minimum atomic E-state index is -0.550. The Morgan fingerprint density at radius 2 is 1.96 bits per heavy atom. The molecule has 0 aromatic heterocycles. The number of hydrogen-bond donors (Lipinski definition) is 1. The Morgan fingerprint density at radius 1 is 1.30 bits per heavy atom. The van der Waals surface area contributed by atoms with E-state index in [1.807, 2.05) is 6.92 Å². The van der Waals surface area contributed by atoms with Crippen LogP contribution in [0.15, 0.2) is 18.2 Å². The minimum Gasteiger partial charge on any atom is -0.444 e. The molecule has 2 amide bonds. The molecule has 1 rings (SSSR count). The average Bonchev–Trinajstić information content (AvgIpc) is 2.40. The van der Waals surface area contributed by atoms with E-state index in [2.05, 4.69) is 5.32 Å². The molecule has 0 spiro atoms. The molecule has 6 heteroatoms. The van der Waals surface area contributed by atoms with Gasteiger partial charge in [0.15, 0.2) is 0 Å². The van der Waals surface area contributed by atoms with Crippen molar-refractivity contribution >= 4 is 17.7 Å². The molecule has 0 aliphatic carbocycles. The fraction of sp³-hybridized carbons (Fsp3) is 0.529. The third-order valence-corrected chi connectivity index (χ3v) is 3.00. The number of carbonyl (C=O) groups excluding carboxylic acids is 2. The van der Waals surface area contributed by atoms with Crippen molar-refractivity contribution in [2.45, 2.75) is 46.1 Å². The van der Waals surface area contributed by atoms with Crippen LogP contribution in [0.2, 0.25) is 0 Å². The van der Waals surface area contributed by atoms with Crippen LogP contribution in [-0.4, -0.2) is 36.1 Å². The molecule has 0 aliphatic rings. The van der Waals surface area contributed by atoms with Gasteiger partial charge in [0.2, 0.25) is 5.91 Å². The molecule has 1 N–H and O–H groups in total. The summed E-state index contributed by atoms with van der Waals surface area (Å²) in [6.45, 7) is 7.59. The second kappa shape index (κ2) is 7.94. The molecular weight excluding hydrogens is 299 g/mol. The Kier molecular flexibility index (Phi) is 6.54. The summed E-state index contributed by atoms with van der Waals surface area (Å²) in [5.41, 5.74) is 0.493. The van der Waals surface area contributed by atoms with E-state index in [4.69, 9.17) is 4.74 Å². The van der Waals surface area contributed by atoms with Crippen molar-refractivity contribution in [1.29, 1.82) is 0 Å². The van der Waals surface area contributed by atoms with Gasteiger partial charge in [0.1, 0.15) is 11.4 Å². The van der Waals surface area contributed by atoms with E-state index in [0.717, 1.165) is 5.56 Å². The molecule has 0 atom stereocenters. The smallest absolute Gasteiger partial charge is 0.410 e. The lowest BCUT2D eigenvalue weighted by atomic mass is 10.2. The molecule has 0 bridgehead atoms. The number of nitrogens with zero attached hydrogens (tertiary/aromatic N) is 1. The van der Waals surface area contributed by atoms with E-state index < -0.39 is 17.5 Å². The van der Waals surface area contributed by atoms with Gasteiger partial charge in [-0.2, -0.15) is 0 Å². The minimum absolute atomic E-state index is 0.176. The van der Waals surface area contributed by atoms with Crippen LogP contribution in [0.4, 0.5) is 14.9 Å². The van der Waals surface area contributed by atoms with Gasteiger partial charge < -0.3 is 15.0 Å². The van der Waals surface area contributed by atoms with E-state index in [-0.39, 0.29) is 18.0 Å². The van der Waals surface area contributed by atoms with Crippen molar-refractivity contribution in [3.05, 3.63) is 29.6 Å². The summed E-state index contributed by atoms with van der Waals surface area (Å²) in [4.78, 5) is 25.0. The summed E-state index contributed by atoms with van der Waals surface area (Å²) in [7, 11) is 1.62. The number of halogens is 1. The van der Waals surface area contributed by atoms with Crippen LogP contribution in [0.1, 0.15) is 39.2 Å². The number of hydrogen-bond acceptors (Lipinski definition) is 3. The molecule has 1 aromatic rings. The Balaban J connectivity index is 2.39. The fourth-order valence-corrected chi connectivity index (χ4v) is 1.86. The normalized spacial score (nSPS) is 11.0. The molecule has 0 fully saturated rings. The van der Waals surface area contributed by atoms with Gasteiger partial charge >= 0.3 is 6.09 Å². The van der Waals surface area contributed by atoms with Gasteiger partial charge in [0.25, 0.3) is 0 Å². The number of anilines is 1. The molecule has 128 valence electrons.